The SMILES string of the molecule is Cc1ccc2c(c1)C=C(C(C)(C)C(=O)O)C2. The molecule has 0 saturated heterocycles. The average Bonchev–Trinajstić information content (AvgIpc) is 2.60. The van der Waals surface area contributed by atoms with Gasteiger partial charge in [-0.05, 0) is 43.9 Å². The third-order valence-electron chi connectivity index (χ3n) is 3.35. The molecule has 1 aliphatic rings. The number of fused-ring (bicyclic) bond motifs is 1. The molecule has 1 aromatic carbocycles. The Balaban J connectivity index is 2.39. The van der Waals surface area contributed by atoms with Gasteiger partial charge in [-0.25, -0.2) is 0 Å². The summed E-state index contributed by atoms with van der Waals surface area (Å²) in [6.45, 7) is 5.58. The minimum atomic E-state index is -0.771. The van der Waals surface area contributed by atoms with Crippen molar-refractivity contribution in [3.8, 4) is 0 Å². The number of hydrogen-bond donors (Lipinski definition) is 1. The van der Waals surface area contributed by atoms with Crippen molar-refractivity contribution in [3.05, 3.63) is 40.5 Å². The zero-order chi connectivity index (χ0) is 11.9. The fraction of sp³-hybridized carbons (Fsp3) is 0.357. The predicted molar refractivity (Wildman–Crippen MR) is 64.3 cm³/mol. The van der Waals surface area contributed by atoms with Gasteiger partial charge in [0.15, 0.2) is 0 Å². The maximum absolute atomic E-state index is 11.2. The van der Waals surface area contributed by atoms with E-state index in [0.717, 1.165) is 12.0 Å². The van der Waals surface area contributed by atoms with Crippen LogP contribution in [0.4, 0.5) is 0 Å². The van der Waals surface area contributed by atoms with Crippen molar-refractivity contribution in [3.63, 3.8) is 0 Å². The van der Waals surface area contributed by atoms with Gasteiger partial charge in [0.05, 0.1) is 5.41 Å². The highest BCUT2D eigenvalue weighted by Crippen LogP contribution is 2.37. The molecule has 16 heavy (non-hydrogen) atoms. The Labute approximate surface area is 95.6 Å². The fourth-order valence-electron chi connectivity index (χ4n) is 1.99. The van der Waals surface area contributed by atoms with Crippen molar-refractivity contribution in [2.75, 3.05) is 0 Å². The summed E-state index contributed by atoms with van der Waals surface area (Å²) in [5.41, 5.74) is 3.83. The minimum absolute atomic E-state index is 0.759. The van der Waals surface area contributed by atoms with E-state index in [1.165, 1.54) is 16.7 Å². The Kier molecular flexibility index (Phi) is 2.38. The number of benzene rings is 1. The standard InChI is InChI=1S/C14H16O2/c1-9-4-5-10-7-12(8-11(10)6-9)14(2,3)13(15)16/h4-6,8H,7H2,1-3H3,(H,15,16). The summed E-state index contributed by atoms with van der Waals surface area (Å²) in [5, 5.41) is 9.19. The molecule has 0 amide bonds. The normalized spacial score (nSPS) is 14.6. The first-order chi connectivity index (χ1) is 7.41. The Morgan fingerprint density at radius 3 is 2.69 bits per heavy atom. The predicted octanol–water partition coefficient (Wildman–Crippen LogP) is 3.05. The molecule has 0 aromatic heterocycles. The first-order valence-corrected chi connectivity index (χ1v) is 5.45. The van der Waals surface area contributed by atoms with Crippen LogP contribution in [0.2, 0.25) is 0 Å². The monoisotopic (exact) mass is 216 g/mol. The van der Waals surface area contributed by atoms with Crippen LogP contribution >= 0.6 is 0 Å². The van der Waals surface area contributed by atoms with Gasteiger partial charge in [-0.3, -0.25) is 4.79 Å². The van der Waals surface area contributed by atoms with E-state index in [1.54, 1.807) is 13.8 Å². The van der Waals surface area contributed by atoms with Crippen molar-refractivity contribution in [1.29, 1.82) is 0 Å². The number of carboxylic acids is 1. The van der Waals surface area contributed by atoms with Crippen LogP contribution in [0, 0.1) is 12.3 Å². The van der Waals surface area contributed by atoms with Crippen LogP contribution in [0.3, 0.4) is 0 Å². The van der Waals surface area contributed by atoms with E-state index in [1.807, 2.05) is 6.08 Å². The van der Waals surface area contributed by atoms with Crippen LogP contribution < -0.4 is 0 Å². The van der Waals surface area contributed by atoms with E-state index in [4.69, 9.17) is 0 Å². The molecule has 0 heterocycles. The fourth-order valence-corrected chi connectivity index (χ4v) is 1.99. The highest BCUT2D eigenvalue weighted by atomic mass is 16.4. The summed E-state index contributed by atoms with van der Waals surface area (Å²) in [4.78, 5) is 11.2. The summed E-state index contributed by atoms with van der Waals surface area (Å²) < 4.78 is 0. The van der Waals surface area contributed by atoms with E-state index in [0.29, 0.717) is 0 Å². The van der Waals surface area contributed by atoms with Crippen molar-refractivity contribution in [1.82, 2.24) is 0 Å². The second kappa shape index (κ2) is 3.48. The molecule has 84 valence electrons. The number of aliphatic carboxylic acids is 1. The molecule has 0 radical (unpaired) electrons. The molecule has 0 fully saturated rings. The van der Waals surface area contributed by atoms with E-state index in [-0.39, 0.29) is 0 Å². The summed E-state index contributed by atoms with van der Waals surface area (Å²) in [6, 6.07) is 6.27. The first kappa shape index (κ1) is 10.9. The molecule has 0 saturated carbocycles. The van der Waals surface area contributed by atoms with E-state index in [9.17, 15) is 9.90 Å². The molecule has 2 rings (SSSR count). The third kappa shape index (κ3) is 1.64. The summed E-state index contributed by atoms with van der Waals surface area (Å²) in [6.07, 6.45) is 2.78. The largest absolute Gasteiger partial charge is 0.481 e. The maximum Gasteiger partial charge on any atom is 0.313 e. The Bertz CT molecular complexity index is 482. The van der Waals surface area contributed by atoms with E-state index in [2.05, 4.69) is 25.1 Å². The molecule has 0 spiro atoms. The number of rotatable bonds is 2. The molecule has 0 atom stereocenters. The number of carboxylic acid groups (broad SMARTS) is 1. The number of carbonyl (C=O) groups is 1. The molecule has 0 bridgehead atoms. The molecule has 2 nitrogen and oxygen atoms in total. The number of aryl methyl sites for hydroxylation is 1. The van der Waals surface area contributed by atoms with Gasteiger partial charge >= 0.3 is 5.97 Å². The molecule has 0 aliphatic heterocycles. The molecule has 1 aliphatic carbocycles. The quantitative estimate of drug-likeness (QED) is 0.825. The lowest BCUT2D eigenvalue weighted by Crippen LogP contribution is -2.26. The van der Waals surface area contributed by atoms with Crippen LogP contribution in [0.1, 0.15) is 30.5 Å². The summed E-state index contributed by atoms with van der Waals surface area (Å²) in [7, 11) is 0. The van der Waals surface area contributed by atoms with Gasteiger partial charge in [-0.1, -0.05) is 29.8 Å². The zero-order valence-corrected chi connectivity index (χ0v) is 9.87. The van der Waals surface area contributed by atoms with Crippen molar-refractivity contribution in [2.24, 2.45) is 5.41 Å². The van der Waals surface area contributed by atoms with Crippen LogP contribution in [-0.4, -0.2) is 11.1 Å². The van der Waals surface area contributed by atoms with Gasteiger partial charge in [-0.15, -0.1) is 0 Å². The first-order valence-electron chi connectivity index (χ1n) is 5.45. The Morgan fingerprint density at radius 1 is 1.38 bits per heavy atom. The summed E-state index contributed by atoms with van der Waals surface area (Å²) >= 11 is 0. The average molecular weight is 216 g/mol. The topological polar surface area (TPSA) is 37.3 Å². The minimum Gasteiger partial charge on any atom is -0.481 e. The van der Waals surface area contributed by atoms with E-state index >= 15 is 0 Å². The molecular formula is C14H16O2. The maximum atomic E-state index is 11.2. The second-order valence-corrected chi connectivity index (χ2v) is 4.98. The van der Waals surface area contributed by atoms with Gasteiger partial charge in [0.25, 0.3) is 0 Å². The zero-order valence-electron chi connectivity index (χ0n) is 9.87. The molecule has 1 aromatic rings. The number of hydrogen-bond acceptors (Lipinski definition) is 1. The van der Waals surface area contributed by atoms with E-state index < -0.39 is 11.4 Å². The lowest BCUT2D eigenvalue weighted by atomic mass is 9.83. The second-order valence-electron chi connectivity index (χ2n) is 4.98. The Morgan fingerprint density at radius 2 is 2.06 bits per heavy atom. The van der Waals surface area contributed by atoms with Gasteiger partial charge in [-0.2, -0.15) is 0 Å². The lowest BCUT2D eigenvalue weighted by molar-refractivity contribution is -0.144. The molecular weight excluding hydrogens is 200 g/mol. The van der Waals surface area contributed by atoms with Crippen LogP contribution in [-0.2, 0) is 11.2 Å². The molecule has 1 N–H and O–H groups in total. The highest BCUT2D eigenvalue weighted by molar-refractivity contribution is 5.82. The molecule has 2 heteroatoms. The third-order valence-corrected chi connectivity index (χ3v) is 3.35. The highest BCUT2D eigenvalue weighted by Gasteiger charge is 2.34. The van der Waals surface area contributed by atoms with Crippen LogP contribution in [0.15, 0.2) is 23.8 Å². The van der Waals surface area contributed by atoms with Gasteiger partial charge in [0.1, 0.15) is 0 Å². The van der Waals surface area contributed by atoms with Crippen molar-refractivity contribution >= 4 is 12.0 Å². The van der Waals surface area contributed by atoms with Crippen molar-refractivity contribution in [2.45, 2.75) is 27.2 Å². The Hall–Kier alpha value is -1.57. The van der Waals surface area contributed by atoms with Crippen LogP contribution in [0.25, 0.3) is 6.08 Å². The molecule has 0 unspecified atom stereocenters. The lowest BCUT2D eigenvalue weighted by Gasteiger charge is -2.20. The smallest absolute Gasteiger partial charge is 0.313 e. The summed E-state index contributed by atoms with van der Waals surface area (Å²) in [5.74, 6) is -0.761. The van der Waals surface area contributed by atoms with Gasteiger partial charge in [0.2, 0.25) is 0 Å². The van der Waals surface area contributed by atoms with Gasteiger partial charge < -0.3 is 5.11 Å². The van der Waals surface area contributed by atoms with Crippen LogP contribution in [0.5, 0.6) is 0 Å². The van der Waals surface area contributed by atoms with Crippen molar-refractivity contribution < 1.29 is 9.90 Å². The van der Waals surface area contributed by atoms with Gasteiger partial charge in [0, 0.05) is 0 Å².